The molecule has 4 nitrogen and oxygen atoms in total. The molecule has 4 aromatic rings. The van der Waals surface area contributed by atoms with Crippen molar-refractivity contribution in [3.8, 4) is 11.3 Å². The first-order chi connectivity index (χ1) is 22.5. The third-order valence-electron chi connectivity index (χ3n) is 10.7. The number of carbonyl (C=O) groups excluding carboxylic acids is 1. The van der Waals surface area contributed by atoms with E-state index in [2.05, 4.69) is 73.6 Å². The molecule has 1 aliphatic rings. The molecule has 2 aromatic heterocycles. The van der Waals surface area contributed by atoms with E-state index in [4.69, 9.17) is 9.40 Å². The molecule has 1 N–H and O–H groups in total. The second kappa shape index (κ2) is 16.1. The van der Waals surface area contributed by atoms with E-state index in [1.807, 2.05) is 52.1 Å². The van der Waals surface area contributed by atoms with E-state index in [1.165, 1.54) is 46.4 Å². The van der Waals surface area contributed by atoms with Gasteiger partial charge in [-0.3, -0.25) is 4.79 Å². The second-order valence-electron chi connectivity index (χ2n) is 16.5. The zero-order chi connectivity index (χ0) is 35.6. The van der Waals surface area contributed by atoms with E-state index in [9.17, 15) is 9.90 Å². The Hall–Kier alpha value is -2.75. The van der Waals surface area contributed by atoms with Crippen molar-refractivity contribution in [3.05, 3.63) is 76.7 Å². The number of rotatable bonds is 9. The molecule has 0 amide bonds. The van der Waals surface area contributed by atoms with Gasteiger partial charge < -0.3 is 14.5 Å². The molecule has 0 unspecified atom stereocenters. The minimum atomic E-state index is 0. The maximum absolute atomic E-state index is 11.7. The first-order valence-corrected chi connectivity index (χ1v) is 18.3. The van der Waals surface area contributed by atoms with E-state index in [0.717, 1.165) is 54.5 Å². The molecule has 49 heavy (non-hydrogen) atoms. The zero-order valence-corrected chi connectivity index (χ0v) is 34.6. The molecule has 2 aromatic carbocycles. The van der Waals surface area contributed by atoms with Gasteiger partial charge in [0.1, 0.15) is 11.2 Å². The fourth-order valence-corrected chi connectivity index (χ4v) is 7.70. The van der Waals surface area contributed by atoms with E-state index >= 15 is 0 Å². The summed E-state index contributed by atoms with van der Waals surface area (Å²) < 4.78 is 6.77. The van der Waals surface area contributed by atoms with Gasteiger partial charge >= 0.3 is 0 Å². The van der Waals surface area contributed by atoms with Crippen LogP contribution in [0.15, 0.2) is 52.8 Å². The van der Waals surface area contributed by atoms with Gasteiger partial charge in [-0.15, -0.1) is 35.9 Å². The van der Waals surface area contributed by atoms with Crippen molar-refractivity contribution >= 4 is 27.7 Å². The van der Waals surface area contributed by atoms with E-state index in [-0.39, 0.29) is 59.7 Å². The van der Waals surface area contributed by atoms with Gasteiger partial charge in [0.2, 0.25) is 0 Å². The molecule has 5 heteroatoms. The van der Waals surface area contributed by atoms with Crippen molar-refractivity contribution in [2.24, 2.45) is 17.3 Å². The topological polar surface area (TPSA) is 63.3 Å². The summed E-state index contributed by atoms with van der Waals surface area (Å²) in [5.74, 6) is 0.547. The van der Waals surface area contributed by atoms with Crippen LogP contribution in [0.4, 0.5) is 0 Å². The number of aromatic nitrogens is 1. The number of fused-ring (bicyclic) bond motifs is 5. The van der Waals surface area contributed by atoms with Gasteiger partial charge in [0.25, 0.3) is 0 Å². The van der Waals surface area contributed by atoms with Crippen molar-refractivity contribution in [2.75, 3.05) is 0 Å². The average molecular weight is 843 g/mol. The summed E-state index contributed by atoms with van der Waals surface area (Å²) in [6, 6.07) is 13.5. The van der Waals surface area contributed by atoms with Gasteiger partial charge in [0, 0.05) is 60.7 Å². The average Bonchev–Trinajstić information content (AvgIpc) is 3.42. The van der Waals surface area contributed by atoms with Crippen LogP contribution in [0.2, 0.25) is 0 Å². The number of furan rings is 1. The number of benzene rings is 2. The van der Waals surface area contributed by atoms with Crippen molar-refractivity contribution in [3.63, 3.8) is 0 Å². The maximum atomic E-state index is 11.7. The molecule has 0 saturated carbocycles. The molecule has 0 spiro atoms. The standard InChI is InChI=1S/C31H36NO.C13H24O2.Ir/c1-19-22(18-29(2,3)4)24-25(31(7,8)16-15-30(24,5)6)23-21-14-17-32-26(28(21)33-27(19)23)20-12-10-9-11-13-20;1-5-10(6-2)12(14)9-13(15)11(7-3)8-4;/h9-12,14,17H,15-16,18H2,1-8H3;9-11,14H,5-8H2,1-4H3;/q-1;;/b;12-9-;. The van der Waals surface area contributed by atoms with Crippen LogP contribution in [-0.2, 0) is 42.2 Å². The summed E-state index contributed by atoms with van der Waals surface area (Å²) in [6.07, 6.45) is 10.3. The third kappa shape index (κ3) is 8.59. The van der Waals surface area contributed by atoms with Gasteiger partial charge in [-0.1, -0.05) is 76.2 Å². The SMILES string of the molecule is CCC(CC)C(=O)/C=C(\O)C(CC)CC.Cc1c(CC(C)(C)C)c2c(c3c1oc1c(-c4[c-]cccc4)nccc13)C(C)(C)CCC2(C)C.[Ir]. The minimum absolute atomic E-state index is 0. The fourth-order valence-electron chi connectivity index (χ4n) is 7.70. The number of hydrogen-bond acceptors (Lipinski definition) is 4. The first-order valence-electron chi connectivity index (χ1n) is 18.3. The van der Waals surface area contributed by atoms with Crippen molar-refractivity contribution in [1.82, 2.24) is 4.98 Å². The molecule has 0 aliphatic heterocycles. The molecule has 1 radical (unpaired) electrons. The number of nitrogens with zero attached hydrogens (tertiary/aromatic N) is 1. The molecule has 269 valence electrons. The normalized spacial score (nSPS) is 15.6. The Morgan fingerprint density at radius 2 is 1.53 bits per heavy atom. The zero-order valence-electron chi connectivity index (χ0n) is 32.2. The van der Waals surface area contributed by atoms with Crippen LogP contribution in [0.5, 0.6) is 0 Å². The van der Waals surface area contributed by atoms with E-state index in [0.29, 0.717) is 0 Å². The number of aliphatic hydroxyl groups excluding tert-OH is 1. The third-order valence-corrected chi connectivity index (χ3v) is 10.7. The molecule has 0 atom stereocenters. The Balaban J connectivity index is 0.000000347. The molecule has 0 saturated heterocycles. The van der Waals surface area contributed by atoms with Crippen LogP contribution < -0.4 is 0 Å². The monoisotopic (exact) mass is 843 g/mol. The summed E-state index contributed by atoms with van der Waals surface area (Å²) in [5, 5.41) is 12.2. The molecule has 1 aliphatic carbocycles. The Morgan fingerprint density at radius 3 is 2.06 bits per heavy atom. The smallest absolute Gasteiger partial charge is 0.162 e. The van der Waals surface area contributed by atoms with Crippen LogP contribution in [-0.4, -0.2) is 15.9 Å². The number of ketones is 1. The van der Waals surface area contributed by atoms with Crippen LogP contribution in [0.1, 0.15) is 137 Å². The van der Waals surface area contributed by atoms with Gasteiger partial charge in [0.05, 0.1) is 5.76 Å². The summed E-state index contributed by atoms with van der Waals surface area (Å²) in [7, 11) is 0. The quantitative estimate of drug-likeness (QED) is 0.104. The van der Waals surface area contributed by atoms with Crippen LogP contribution in [0.3, 0.4) is 0 Å². The molecule has 0 fully saturated rings. The van der Waals surface area contributed by atoms with Crippen LogP contribution in [0, 0.1) is 30.2 Å². The predicted molar refractivity (Wildman–Crippen MR) is 203 cm³/mol. The Kier molecular flexibility index (Phi) is 13.3. The van der Waals surface area contributed by atoms with E-state index < -0.39 is 0 Å². The number of pyridine rings is 1. The summed E-state index contributed by atoms with van der Waals surface area (Å²) in [6.45, 7) is 27.1. The number of hydrogen-bond donors (Lipinski definition) is 1. The number of carbonyl (C=O) groups is 1. The van der Waals surface area contributed by atoms with Gasteiger partial charge in [-0.2, -0.15) is 0 Å². The van der Waals surface area contributed by atoms with Gasteiger partial charge in [-0.25, -0.2) is 0 Å². The van der Waals surface area contributed by atoms with Gasteiger partial charge in [0.15, 0.2) is 5.78 Å². The first kappa shape index (κ1) is 40.7. The molecule has 2 heterocycles. The minimum Gasteiger partial charge on any atom is -0.512 e. The maximum Gasteiger partial charge on any atom is 0.162 e. The largest absolute Gasteiger partial charge is 0.512 e. The summed E-state index contributed by atoms with van der Waals surface area (Å²) in [4.78, 5) is 16.5. The van der Waals surface area contributed by atoms with Crippen molar-refractivity contribution in [2.45, 2.75) is 139 Å². The van der Waals surface area contributed by atoms with E-state index in [1.54, 1.807) is 5.56 Å². The number of aryl methyl sites for hydroxylation is 1. The summed E-state index contributed by atoms with van der Waals surface area (Å²) in [5.41, 5.74) is 10.0. The summed E-state index contributed by atoms with van der Waals surface area (Å²) >= 11 is 0. The molecular formula is C44H60IrNO3-. The molecule has 0 bridgehead atoms. The van der Waals surface area contributed by atoms with Crippen molar-refractivity contribution in [1.29, 1.82) is 0 Å². The Labute approximate surface area is 309 Å². The molecular weight excluding hydrogens is 783 g/mol. The predicted octanol–water partition coefficient (Wildman–Crippen LogP) is 12.6. The number of allylic oxidation sites excluding steroid dienone is 2. The van der Waals surface area contributed by atoms with Gasteiger partial charge in [-0.05, 0) is 96.4 Å². The van der Waals surface area contributed by atoms with Crippen LogP contribution in [0.25, 0.3) is 33.2 Å². The second-order valence-corrected chi connectivity index (χ2v) is 16.5. The Morgan fingerprint density at radius 1 is 0.939 bits per heavy atom. The van der Waals surface area contributed by atoms with Crippen molar-refractivity contribution < 1.29 is 34.4 Å². The Bertz CT molecular complexity index is 1760. The fraction of sp³-hybridized carbons (Fsp3) is 0.545. The molecule has 5 rings (SSSR count). The van der Waals surface area contributed by atoms with Crippen LogP contribution >= 0.6 is 0 Å². The number of aliphatic hydroxyl groups is 1.